The minimum Gasteiger partial charge on any atom is -0.368 e. The van der Waals surface area contributed by atoms with Crippen LogP contribution in [-0.2, 0) is 0 Å². The maximum Gasteiger partial charge on any atom is 0.255 e. The fourth-order valence-corrected chi connectivity index (χ4v) is 2.91. The molecule has 18 heavy (non-hydrogen) atoms. The lowest BCUT2D eigenvalue weighted by Gasteiger charge is -2.03. The molecule has 0 bridgehead atoms. The van der Waals surface area contributed by atoms with Gasteiger partial charge in [-0.15, -0.1) is 11.3 Å². The quantitative estimate of drug-likeness (QED) is 0.781. The number of thiophene rings is 1. The van der Waals surface area contributed by atoms with Crippen LogP contribution in [0, 0.1) is 0 Å². The topological polar surface area (TPSA) is 82.5 Å². The van der Waals surface area contributed by atoms with E-state index in [2.05, 4.69) is 36.0 Å². The minimum atomic E-state index is 0.172. The van der Waals surface area contributed by atoms with E-state index in [4.69, 9.17) is 5.73 Å². The Labute approximate surface area is 115 Å². The molecule has 0 fully saturated rings. The van der Waals surface area contributed by atoms with E-state index in [1.807, 2.05) is 11.4 Å². The highest BCUT2D eigenvalue weighted by molar-refractivity contribution is 9.10. The summed E-state index contributed by atoms with van der Waals surface area (Å²) in [6.45, 7) is 0. The van der Waals surface area contributed by atoms with E-state index in [-0.39, 0.29) is 5.95 Å². The molecular weight excluding hydrogens is 316 g/mol. The van der Waals surface area contributed by atoms with Crippen molar-refractivity contribution in [2.24, 2.45) is 0 Å². The second kappa shape index (κ2) is 4.46. The molecule has 3 rings (SSSR count). The van der Waals surface area contributed by atoms with E-state index in [1.165, 1.54) is 11.3 Å². The normalized spacial score (nSPS) is 10.7. The SMILES string of the molecule is Nc1nc(-c2sccc2Br)nc(-n2cccn2)n1. The molecule has 3 aromatic heterocycles. The summed E-state index contributed by atoms with van der Waals surface area (Å²) in [4.78, 5) is 13.5. The lowest BCUT2D eigenvalue weighted by Crippen LogP contribution is -2.07. The Morgan fingerprint density at radius 1 is 1.28 bits per heavy atom. The van der Waals surface area contributed by atoms with Gasteiger partial charge in [0.15, 0.2) is 5.82 Å². The molecular formula is C10H7BrN6S. The van der Waals surface area contributed by atoms with Crippen LogP contribution in [0.25, 0.3) is 16.6 Å². The van der Waals surface area contributed by atoms with Crippen LogP contribution >= 0.6 is 27.3 Å². The Balaban J connectivity index is 2.15. The summed E-state index contributed by atoms with van der Waals surface area (Å²) in [5.41, 5.74) is 5.71. The van der Waals surface area contributed by atoms with Gasteiger partial charge in [0.1, 0.15) is 0 Å². The highest BCUT2D eigenvalue weighted by Gasteiger charge is 2.12. The van der Waals surface area contributed by atoms with Crippen molar-refractivity contribution in [3.63, 3.8) is 0 Å². The fourth-order valence-electron chi connectivity index (χ4n) is 1.43. The smallest absolute Gasteiger partial charge is 0.255 e. The molecule has 0 saturated heterocycles. The predicted octanol–water partition coefficient (Wildman–Crippen LogP) is 2.13. The Morgan fingerprint density at radius 2 is 2.17 bits per heavy atom. The summed E-state index contributed by atoms with van der Waals surface area (Å²) in [7, 11) is 0. The standard InChI is InChI=1S/C10H7BrN6S/c11-6-2-5-18-7(6)8-14-9(12)16-10(15-8)17-4-1-3-13-17/h1-5H,(H2,12,14,15,16). The van der Waals surface area contributed by atoms with Gasteiger partial charge in [0.2, 0.25) is 5.95 Å². The van der Waals surface area contributed by atoms with E-state index in [9.17, 15) is 0 Å². The number of halogens is 1. The van der Waals surface area contributed by atoms with Crippen molar-refractivity contribution in [2.75, 3.05) is 5.73 Å². The molecule has 0 aromatic carbocycles. The molecule has 2 N–H and O–H groups in total. The minimum absolute atomic E-state index is 0.172. The van der Waals surface area contributed by atoms with Gasteiger partial charge in [-0.3, -0.25) is 0 Å². The monoisotopic (exact) mass is 322 g/mol. The molecule has 0 aliphatic heterocycles. The summed E-state index contributed by atoms with van der Waals surface area (Å²) >= 11 is 4.98. The molecule has 3 aromatic rings. The fraction of sp³-hybridized carbons (Fsp3) is 0. The third-order valence-corrected chi connectivity index (χ3v) is 4.00. The van der Waals surface area contributed by atoms with Crippen LogP contribution < -0.4 is 5.73 Å². The first-order chi connectivity index (χ1) is 8.74. The van der Waals surface area contributed by atoms with Crippen molar-refractivity contribution in [3.8, 4) is 16.6 Å². The number of nitrogen functional groups attached to an aromatic ring is 1. The van der Waals surface area contributed by atoms with Crippen molar-refractivity contribution in [3.05, 3.63) is 34.4 Å². The van der Waals surface area contributed by atoms with E-state index in [1.54, 1.807) is 23.1 Å². The largest absolute Gasteiger partial charge is 0.368 e. The number of hydrogen-bond donors (Lipinski definition) is 1. The predicted molar refractivity (Wildman–Crippen MR) is 72.4 cm³/mol. The molecule has 90 valence electrons. The molecule has 0 atom stereocenters. The van der Waals surface area contributed by atoms with Crippen molar-refractivity contribution in [2.45, 2.75) is 0 Å². The first kappa shape index (κ1) is 11.3. The van der Waals surface area contributed by atoms with Gasteiger partial charge in [-0.2, -0.15) is 20.1 Å². The van der Waals surface area contributed by atoms with Gasteiger partial charge in [0.05, 0.1) is 4.88 Å². The average molecular weight is 323 g/mol. The number of rotatable bonds is 2. The van der Waals surface area contributed by atoms with Crippen LogP contribution in [-0.4, -0.2) is 24.7 Å². The highest BCUT2D eigenvalue weighted by Crippen LogP contribution is 2.31. The van der Waals surface area contributed by atoms with Crippen molar-refractivity contribution < 1.29 is 0 Å². The van der Waals surface area contributed by atoms with E-state index in [0.29, 0.717) is 11.8 Å². The van der Waals surface area contributed by atoms with Gasteiger partial charge in [0, 0.05) is 16.9 Å². The third kappa shape index (κ3) is 2.00. The molecule has 0 aliphatic carbocycles. The zero-order valence-electron chi connectivity index (χ0n) is 8.99. The van der Waals surface area contributed by atoms with Crippen LogP contribution in [0.4, 0.5) is 5.95 Å². The van der Waals surface area contributed by atoms with Gasteiger partial charge >= 0.3 is 0 Å². The van der Waals surface area contributed by atoms with Crippen LogP contribution in [0.5, 0.6) is 0 Å². The van der Waals surface area contributed by atoms with Crippen molar-refractivity contribution in [1.82, 2.24) is 24.7 Å². The summed E-state index contributed by atoms with van der Waals surface area (Å²) in [5.74, 6) is 1.11. The molecule has 6 nitrogen and oxygen atoms in total. The van der Waals surface area contributed by atoms with Crippen LogP contribution in [0.15, 0.2) is 34.4 Å². The van der Waals surface area contributed by atoms with Crippen LogP contribution in [0.3, 0.4) is 0 Å². The second-order valence-electron chi connectivity index (χ2n) is 3.37. The zero-order chi connectivity index (χ0) is 12.5. The first-order valence-corrected chi connectivity index (χ1v) is 6.66. The molecule has 3 heterocycles. The van der Waals surface area contributed by atoms with Crippen LogP contribution in [0.2, 0.25) is 0 Å². The Bertz CT molecular complexity index is 678. The molecule has 0 amide bonds. The highest BCUT2D eigenvalue weighted by atomic mass is 79.9. The summed E-state index contributed by atoms with van der Waals surface area (Å²) < 4.78 is 2.48. The molecule has 0 radical (unpaired) electrons. The van der Waals surface area contributed by atoms with E-state index >= 15 is 0 Å². The first-order valence-electron chi connectivity index (χ1n) is 4.99. The number of nitrogens with zero attached hydrogens (tertiary/aromatic N) is 5. The van der Waals surface area contributed by atoms with E-state index in [0.717, 1.165) is 9.35 Å². The summed E-state index contributed by atoms with van der Waals surface area (Å²) in [5, 5.41) is 6.02. The van der Waals surface area contributed by atoms with E-state index < -0.39 is 0 Å². The summed E-state index contributed by atoms with van der Waals surface area (Å²) in [6, 6.07) is 3.73. The maximum absolute atomic E-state index is 5.71. The average Bonchev–Trinajstić information content (AvgIpc) is 2.98. The third-order valence-electron chi connectivity index (χ3n) is 2.17. The molecule has 0 saturated carbocycles. The van der Waals surface area contributed by atoms with Gasteiger partial charge < -0.3 is 5.73 Å². The number of aromatic nitrogens is 5. The Kier molecular flexibility index (Phi) is 2.80. The number of anilines is 1. The van der Waals surface area contributed by atoms with Crippen molar-refractivity contribution in [1.29, 1.82) is 0 Å². The Hall–Kier alpha value is -1.80. The molecule has 0 spiro atoms. The van der Waals surface area contributed by atoms with Gasteiger partial charge in [0.25, 0.3) is 5.95 Å². The Morgan fingerprint density at radius 3 is 2.83 bits per heavy atom. The maximum atomic E-state index is 5.71. The lowest BCUT2D eigenvalue weighted by atomic mass is 10.4. The zero-order valence-corrected chi connectivity index (χ0v) is 11.4. The van der Waals surface area contributed by atoms with Gasteiger partial charge in [-0.1, -0.05) is 0 Å². The second-order valence-corrected chi connectivity index (χ2v) is 5.14. The number of hydrogen-bond acceptors (Lipinski definition) is 6. The van der Waals surface area contributed by atoms with Gasteiger partial charge in [-0.05, 0) is 33.4 Å². The van der Waals surface area contributed by atoms with Crippen molar-refractivity contribution >= 4 is 33.2 Å². The van der Waals surface area contributed by atoms with Gasteiger partial charge in [-0.25, -0.2) is 4.68 Å². The molecule has 0 aliphatic rings. The van der Waals surface area contributed by atoms with Crippen LogP contribution in [0.1, 0.15) is 0 Å². The lowest BCUT2D eigenvalue weighted by molar-refractivity contribution is 0.802. The summed E-state index contributed by atoms with van der Waals surface area (Å²) in [6.07, 6.45) is 3.41. The molecule has 8 heteroatoms. The molecule has 0 unspecified atom stereocenters. The number of nitrogens with two attached hydrogens (primary N) is 1.